The van der Waals surface area contributed by atoms with Crippen LogP contribution in [0.5, 0.6) is 11.5 Å². The molecule has 0 saturated carbocycles. The number of carbonyl (C=O) groups is 1. The van der Waals surface area contributed by atoms with Gasteiger partial charge in [0.05, 0.1) is 12.7 Å². The third kappa shape index (κ3) is 4.75. The van der Waals surface area contributed by atoms with Crippen LogP contribution in [0, 0.1) is 12.7 Å². The molecule has 1 saturated heterocycles. The summed E-state index contributed by atoms with van der Waals surface area (Å²) in [5.74, 6) is 1.34. The molecule has 2 heterocycles. The van der Waals surface area contributed by atoms with Gasteiger partial charge in [0.25, 0.3) is 5.91 Å². The Bertz CT molecular complexity index is 1080. The number of rotatable bonds is 7. The fourth-order valence-corrected chi connectivity index (χ4v) is 3.74. The summed E-state index contributed by atoms with van der Waals surface area (Å²) in [5, 5.41) is 4.00. The maximum Gasteiger partial charge on any atom is 0.276 e. The largest absolute Gasteiger partial charge is 0.493 e. The normalized spacial score (nSPS) is 14.4. The summed E-state index contributed by atoms with van der Waals surface area (Å²) in [6, 6.07) is 14.1. The molecule has 8 heteroatoms. The monoisotopic (exact) mass is 439 g/mol. The molecule has 1 aromatic heterocycles. The van der Waals surface area contributed by atoms with Crippen molar-refractivity contribution in [3.63, 3.8) is 0 Å². The van der Waals surface area contributed by atoms with Gasteiger partial charge in [-0.3, -0.25) is 9.69 Å². The van der Waals surface area contributed by atoms with Crippen molar-refractivity contribution in [1.29, 1.82) is 0 Å². The van der Waals surface area contributed by atoms with Crippen molar-refractivity contribution >= 4 is 5.91 Å². The minimum Gasteiger partial charge on any atom is -0.493 e. The summed E-state index contributed by atoms with van der Waals surface area (Å²) in [6.45, 7) is 4.81. The summed E-state index contributed by atoms with van der Waals surface area (Å²) in [7, 11) is 1.58. The van der Waals surface area contributed by atoms with Gasteiger partial charge in [0.2, 0.25) is 0 Å². The van der Waals surface area contributed by atoms with Crippen molar-refractivity contribution in [2.24, 2.45) is 0 Å². The fourth-order valence-electron chi connectivity index (χ4n) is 3.74. The number of hydrogen-bond acceptors (Lipinski definition) is 6. The molecule has 168 valence electrons. The van der Waals surface area contributed by atoms with E-state index in [1.807, 2.05) is 24.3 Å². The molecule has 2 aromatic carbocycles. The summed E-state index contributed by atoms with van der Waals surface area (Å²) in [5.41, 5.74) is 1.55. The summed E-state index contributed by atoms with van der Waals surface area (Å²) < 4.78 is 30.4. The second-order valence-corrected chi connectivity index (χ2v) is 7.67. The zero-order valence-electron chi connectivity index (χ0n) is 18.2. The van der Waals surface area contributed by atoms with Crippen molar-refractivity contribution in [3.8, 4) is 11.5 Å². The Labute approximate surface area is 186 Å². The Balaban J connectivity index is 1.38. The topological polar surface area (TPSA) is 68.0 Å². The van der Waals surface area contributed by atoms with Crippen molar-refractivity contribution in [2.75, 3.05) is 33.3 Å². The average molecular weight is 439 g/mol. The van der Waals surface area contributed by atoms with Gasteiger partial charge in [-0.2, -0.15) is 0 Å². The number of methoxy groups -OCH3 is 1. The Morgan fingerprint density at radius 3 is 2.47 bits per heavy atom. The SMILES string of the molecule is COc1ccccc1OCc1c(C(=O)N2CCN(Cc3ccccc3F)CC2)noc1C. The van der Waals surface area contributed by atoms with Crippen LogP contribution in [0.15, 0.2) is 53.1 Å². The van der Waals surface area contributed by atoms with Crippen LogP contribution in [0.3, 0.4) is 0 Å². The van der Waals surface area contributed by atoms with Crippen LogP contribution in [-0.2, 0) is 13.2 Å². The summed E-state index contributed by atoms with van der Waals surface area (Å²) >= 11 is 0. The van der Waals surface area contributed by atoms with E-state index in [0.717, 1.165) is 0 Å². The maximum atomic E-state index is 13.9. The molecular weight excluding hydrogens is 413 g/mol. The molecule has 1 fully saturated rings. The highest BCUT2D eigenvalue weighted by atomic mass is 19.1. The number of para-hydroxylation sites is 2. The molecule has 0 N–H and O–H groups in total. The number of aromatic nitrogens is 1. The first-order chi connectivity index (χ1) is 15.6. The van der Waals surface area contributed by atoms with Crippen molar-refractivity contribution in [3.05, 3.63) is 76.9 Å². The molecular formula is C24H26FN3O4. The summed E-state index contributed by atoms with van der Waals surface area (Å²) in [6.07, 6.45) is 0. The van der Waals surface area contributed by atoms with Gasteiger partial charge in [0.15, 0.2) is 17.2 Å². The van der Waals surface area contributed by atoms with Gasteiger partial charge in [-0.05, 0) is 25.1 Å². The van der Waals surface area contributed by atoms with E-state index in [2.05, 4.69) is 10.1 Å². The van der Waals surface area contributed by atoms with E-state index in [9.17, 15) is 9.18 Å². The molecule has 1 aliphatic rings. The van der Waals surface area contributed by atoms with E-state index in [4.69, 9.17) is 14.0 Å². The van der Waals surface area contributed by atoms with Crippen LogP contribution in [0.2, 0.25) is 0 Å². The third-order valence-corrected chi connectivity index (χ3v) is 5.64. The number of benzene rings is 2. The number of hydrogen-bond donors (Lipinski definition) is 0. The van der Waals surface area contributed by atoms with E-state index < -0.39 is 0 Å². The molecule has 3 aromatic rings. The summed E-state index contributed by atoms with van der Waals surface area (Å²) in [4.78, 5) is 17.0. The first-order valence-corrected chi connectivity index (χ1v) is 10.5. The van der Waals surface area contributed by atoms with Crippen LogP contribution in [0.1, 0.15) is 27.4 Å². The lowest BCUT2D eigenvalue weighted by molar-refractivity contribution is 0.0614. The number of aryl methyl sites for hydroxylation is 1. The van der Waals surface area contributed by atoms with Crippen molar-refractivity contribution in [1.82, 2.24) is 15.0 Å². The van der Waals surface area contributed by atoms with E-state index in [1.54, 1.807) is 37.1 Å². The molecule has 4 rings (SSSR count). The molecule has 1 amide bonds. The van der Waals surface area contributed by atoms with E-state index >= 15 is 0 Å². The van der Waals surface area contributed by atoms with Gasteiger partial charge < -0.3 is 18.9 Å². The lowest BCUT2D eigenvalue weighted by Crippen LogP contribution is -2.48. The Morgan fingerprint density at radius 2 is 1.75 bits per heavy atom. The van der Waals surface area contributed by atoms with Gasteiger partial charge in [-0.1, -0.05) is 35.5 Å². The fraction of sp³-hybridized carbons (Fsp3) is 0.333. The Kier molecular flexibility index (Phi) is 6.70. The molecule has 0 aliphatic carbocycles. The molecule has 1 aliphatic heterocycles. The second kappa shape index (κ2) is 9.82. The second-order valence-electron chi connectivity index (χ2n) is 7.67. The van der Waals surface area contributed by atoms with E-state index in [1.165, 1.54) is 6.07 Å². The number of carbonyl (C=O) groups excluding carboxylic acids is 1. The molecule has 0 atom stereocenters. The van der Waals surface area contributed by atoms with Crippen LogP contribution in [-0.4, -0.2) is 54.2 Å². The van der Waals surface area contributed by atoms with Crippen molar-refractivity contribution in [2.45, 2.75) is 20.1 Å². The Morgan fingerprint density at radius 1 is 1.06 bits per heavy atom. The van der Waals surface area contributed by atoms with Gasteiger partial charge in [0, 0.05) is 38.3 Å². The Hall–Kier alpha value is -3.39. The van der Waals surface area contributed by atoms with Crippen LogP contribution in [0.25, 0.3) is 0 Å². The zero-order chi connectivity index (χ0) is 22.5. The average Bonchev–Trinajstić information content (AvgIpc) is 3.19. The molecule has 32 heavy (non-hydrogen) atoms. The van der Waals surface area contributed by atoms with Crippen LogP contribution < -0.4 is 9.47 Å². The lowest BCUT2D eigenvalue weighted by Gasteiger charge is -2.34. The highest BCUT2D eigenvalue weighted by Gasteiger charge is 2.28. The lowest BCUT2D eigenvalue weighted by atomic mass is 10.1. The first-order valence-electron chi connectivity index (χ1n) is 10.5. The van der Waals surface area contributed by atoms with Gasteiger partial charge >= 0.3 is 0 Å². The molecule has 7 nitrogen and oxygen atoms in total. The van der Waals surface area contributed by atoms with E-state index in [-0.39, 0.29) is 24.0 Å². The van der Waals surface area contributed by atoms with Gasteiger partial charge in [-0.15, -0.1) is 0 Å². The van der Waals surface area contributed by atoms with Gasteiger partial charge in [0.1, 0.15) is 18.2 Å². The maximum absolute atomic E-state index is 13.9. The number of halogens is 1. The van der Waals surface area contributed by atoms with Crippen LogP contribution in [0.4, 0.5) is 4.39 Å². The zero-order valence-corrected chi connectivity index (χ0v) is 18.2. The first kappa shape index (κ1) is 21.8. The molecule has 0 spiro atoms. The smallest absolute Gasteiger partial charge is 0.276 e. The highest BCUT2D eigenvalue weighted by Crippen LogP contribution is 2.28. The predicted molar refractivity (Wildman–Crippen MR) is 116 cm³/mol. The standard InChI is InChI=1S/C24H26FN3O4/c1-17-19(16-31-22-10-6-5-9-21(22)30-2)23(26-32-17)24(29)28-13-11-27(12-14-28)15-18-7-3-4-8-20(18)25/h3-10H,11-16H2,1-2H3. The molecule has 0 unspecified atom stereocenters. The van der Waals surface area contributed by atoms with Crippen LogP contribution >= 0.6 is 0 Å². The number of amides is 1. The minimum absolute atomic E-state index is 0.143. The predicted octanol–water partition coefficient (Wildman–Crippen LogP) is 3.67. The third-order valence-electron chi connectivity index (χ3n) is 5.64. The molecule has 0 bridgehead atoms. The quantitative estimate of drug-likeness (QED) is 0.560. The molecule has 0 radical (unpaired) electrons. The van der Waals surface area contributed by atoms with E-state index in [0.29, 0.717) is 61.1 Å². The minimum atomic E-state index is -0.205. The number of nitrogens with zero attached hydrogens (tertiary/aromatic N) is 3. The number of ether oxygens (including phenoxy) is 2. The van der Waals surface area contributed by atoms with Crippen molar-refractivity contribution < 1.29 is 23.2 Å². The van der Waals surface area contributed by atoms with Gasteiger partial charge in [-0.25, -0.2) is 4.39 Å². The highest BCUT2D eigenvalue weighted by molar-refractivity contribution is 5.93. The number of piperazine rings is 1.